The fourth-order valence-corrected chi connectivity index (χ4v) is 2.26. The lowest BCUT2D eigenvalue weighted by Gasteiger charge is -2.21. The summed E-state index contributed by atoms with van der Waals surface area (Å²) in [5, 5.41) is 8.55. The molecule has 1 N–H and O–H groups in total. The zero-order chi connectivity index (χ0) is 19.1. The highest BCUT2D eigenvalue weighted by Crippen LogP contribution is 2.21. The average molecular weight is 358 g/mol. The number of ether oxygens (including phenoxy) is 3. The van der Waals surface area contributed by atoms with Crippen LogP contribution in [0.2, 0.25) is 0 Å². The van der Waals surface area contributed by atoms with Crippen LogP contribution in [-0.4, -0.2) is 49.4 Å². The van der Waals surface area contributed by atoms with Gasteiger partial charge in [0.15, 0.2) is 6.10 Å². The van der Waals surface area contributed by atoms with Crippen LogP contribution in [0.3, 0.4) is 0 Å². The maximum Gasteiger partial charge on any atom is 0.347 e. The van der Waals surface area contributed by atoms with Crippen LogP contribution < -0.4 is 0 Å². The molecule has 0 saturated carbocycles. The van der Waals surface area contributed by atoms with Gasteiger partial charge in [-0.3, -0.25) is 0 Å². The topological polar surface area (TPSA) is 99.1 Å². The molecule has 0 spiro atoms. The van der Waals surface area contributed by atoms with Crippen LogP contribution in [0, 0.1) is 5.92 Å². The molecule has 0 aromatic rings. The molecule has 0 radical (unpaired) electrons. The molecule has 25 heavy (non-hydrogen) atoms. The van der Waals surface area contributed by atoms with Gasteiger partial charge < -0.3 is 19.3 Å². The lowest BCUT2D eigenvalue weighted by molar-refractivity contribution is -0.166. The molecule has 0 aromatic carbocycles. The SMILES string of the molecule is CCCCC(CC)CC(OC(=O)C=CC(=O)O)C(=O)OCCCOC. The van der Waals surface area contributed by atoms with Gasteiger partial charge in [-0.2, -0.15) is 0 Å². The second-order valence-electron chi connectivity index (χ2n) is 5.76. The maximum atomic E-state index is 12.2. The van der Waals surface area contributed by atoms with Gasteiger partial charge in [-0.15, -0.1) is 0 Å². The number of unbranched alkanes of at least 4 members (excludes halogenated alkanes) is 1. The van der Waals surface area contributed by atoms with Crippen molar-refractivity contribution < 1.29 is 33.7 Å². The molecule has 7 heteroatoms. The summed E-state index contributed by atoms with van der Waals surface area (Å²) in [4.78, 5) is 34.4. The Morgan fingerprint density at radius 2 is 1.80 bits per heavy atom. The first-order chi connectivity index (χ1) is 11.9. The summed E-state index contributed by atoms with van der Waals surface area (Å²) in [6, 6.07) is 0. The molecule has 0 fully saturated rings. The lowest BCUT2D eigenvalue weighted by atomic mass is 9.93. The summed E-state index contributed by atoms with van der Waals surface area (Å²) in [6.07, 6.45) is 5.22. The van der Waals surface area contributed by atoms with Crippen LogP contribution in [0.4, 0.5) is 0 Å². The molecule has 0 aliphatic heterocycles. The van der Waals surface area contributed by atoms with Crippen molar-refractivity contribution in [2.75, 3.05) is 20.3 Å². The summed E-state index contributed by atoms with van der Waals surface area (Å²) in [6.45, 7) is 4.75. The number of esters is 2. The van der Waals surface area contributed by atoms with Crippen molar-refractivity contribution in [2.24, 2.45) is 5.92 Å². The van der Waals surface area contributed by atoms with Gasteiger partial charge in [0.25, 0.3) is 0 Å². The third kappa shape index (κ3) is 12.2. The number of rotatable bonds is 14. The Balaban J connectivity index is 4.80. The van der Waals surface area contributed by atoms with Crippen molar-refractivity contribution in [1.82, 2.24) is 0 Å². The minimum absolute atomic E-state index is 0.178. The number of hydrogen-bond acceptors (Lipinski definition) is 6. The van der Waals surface area contributed by atoms with Crippen LogP contribution in [-0.2, 0) is 28.6 Å². The predicted octanol–water partition coefficient (Wildman–Crippen LogP) is 2.73. The van der Waals surface area contributed by atoms with Crippen LogP contribution in [0.25, 0.3) is 0 Å². The van der Waals surface area contributed by atoms with Crippen molar-refractivity contribution in [1.29, 1.82) is 0 Å². The van der Waals surface area contributed by atoms with Crippen molar-refractivity contribution in [3.8, 4) is 0 Å². The van der Waals surface area contributed by atoms with Gasteiger partial charge in [0.2, 0.25) is 0 Å². The normalized spacial score (nSPS) is 13.4. The van der Waals surface area contributed by atoms with E-state index in [0.29, 0.717) is 25.5 Å². The molecule has 0 bridgehead atoms. The number of carbonyl (C=O) groups excluding carboxylic acids is 2. The first kappa shape index (κ1) is 23.1. The molecule has 7 nitrogen and oxygen atoms in total. The summed E-state index contributed by atoms with van der Waals surface area (Å²) in [5.41, 5.74) is 0. The minimum atomic E-state index is -1.26. The number of methoxy groups -OCH3 is 1. The third-order valence-electron chi connectivity index (χ3n) is 3.71. The number of aliphatic carboxylic acids is 1. The van der Waals surface area contributed by atoms with Crippen molar-refractivity contribution in [2.45, 2.75) is 58.5 Å². The van der Waals surface area contributed by atoms with Gasteiger partial charge in [0, 0.05) is 32.3 Å². The van der Waals surface area contributed by atoms with Gasteiger partial charge in [0.05, 0.1) is 6.61 Å². The zero-order valence-corrected chi connectivity index (χ0v) is 15.4. The first-order valence-electron chi connectivity index (χ1n) is 8.71. The van der Waals surface area contributed by atoms with E-state index in [0.717, 1.165) is 31.8 Å². The van der Waals surface area contributed by atoms with E-state index in [9.17, 15) is 14.4 Å². The minimum Gasteiger partial charge on any atom is -0.478 e. The second-order valence-corrected chi connectivity index (χ2v) is 5.76. The van der Waals surface area contributed by atoms with E-state index in [1.54, 1.807) is 7.11 Å². The number of hydrogen-bond donors (Lipinski definition) is 1. The molecular formula is C18H30O7. The van der Waals surface area contributed by atoms with Crippen LogP contribution >= 0.6 is 0 Å². The predicted molar refractivity (Wildman–Crippen MR) is 92.0 cm³/mol. The van der Waals surface area contributed by atoms with E-state index in [1.165, 1.54) is 0 Å². The third-order valence-corrected chi connectivity index (χ3v) is 3.71. The Kier molecular flexibility index (Phi) is 13.4. The van der Waals surface area contributed by atoms with E-state index >= 15 is 0 Å². The van der Waals surface area contributed by atoms with Gasteiger partial charge in [-0.25, -0.2) is 14.4 Å². The molecule has 0 aromatic heterocycles. The molecule has 0 heterocycles. The van der Waals surface area contributed by atoms with Gasteiger partial charge in [-0.1, -0.05) is 39.5 Å². The van der Waals surface area contributed by atoms with Gasteiger partial charge >= 0.3 is 17.9 Å². The van der Waals surface area contributed by atoms with E-state index < -0.39 is 24.0 Å². The second kappa shape index (κ2) is 14.5. The number of carboxylic acid groups (broad SMARTS) is 1. The highest BCUT2D eigenvalue weighted by atomic mass is 16.6. The standard InChI is InChI=1S/C18H30O7/c1-4-6-8-14(5-2)13-15(18(22)24-12-7-11-23-3)25-17(21)10-9-16(19)20/h9-10,14-15H,4-8,11-13H2,1-3H3,(H,19,20). The molecule has 2 atom stereocenters. The van der Waals surface area contributed by atoms with Crippen molar-refractivity contribution in [3.63, 3.8) is 0 Å². The molecule has 0 rings (SSSR count). The van der Waals surface area contributed by atoms with E-state index in [2.05, 4.69) is 6.92 Å². The van der Waals surface area contributed by atoms with Crippen molar-refractivity contribution in [3.05, 3.63) is 12.2 Å². The van der Waals surface area contributed by atoms with Gasteiger partial charge in [-0.05, 0) is 12.3 Å². The Morgan fingerprint density at radius 1 is 1.08 bits per heavy atom. The molecular weight excluding hydrogens is 328 g/mol. The fourth-order valence-electron chi connectivity index (χ4n) is 2.26. The van der Waals surface area contributed by atoms with Crippen LogP contribution in [0.5, 0.6) is 0 Å². The van der Waals surface area contributed by atoms with Crippen molar-refractivity contribution >= 4 is 17.9 Å². The highest BCUT2D eigenvalue weighted by molar-refractivity contribution is 5.92. The summed E-state index contributed by atoms with van der Waals surface area (Å²) in [7, 11) is 1.56. The maximum absolute atomic E-state index is 12.2. The van der Waals surface area contributed by atoms with E-state index in [1.807, 2.05) is 6.92 Å². The fraction of sp³-hybridized carbons (Fsp3) is 0.722. The Morgan fingerprint density at radius 3 is 2.36 bits per heavy atom. The number of carboxylic acids is 1. The Hall–Kier alpha value is -1.89. The Labute approximate surface area is 149 Å². The lowest BCUT2D eigenvalue weighted by Crippen LogP contribution is -2.31. The summed E-state index contributed by atoms with van der Waals surface area (Å²) in [5.74, 6) is -2.51. The van der Waals surface area contributed by atoms with Gasteiger partial charge in [0.1, 0.15) is 0 Å². The largest absolute Gasteiger partial charge is 0.478 e. The monoisotopic (exact) mass is 358 g/mol. The number of carbonyl (C=O) groups is 3. The molecule has 144 valence electrons. The summed E-state index contributed by atoms with van der Waals surface area (Å²) >= 11 is 0. The molecule has 0 saturated heterocycles. The molecule has 0 aliphatic carbocycles. The van der Waals surface area contributed by atoms with Crippen LogP contribution in [0.15, 0.2) is 12.2 Å². The van der Waals surface area contributed by atoms with E-state index in [-0.39, 0.29) is 12.5 Å². The van der Waals surface area contributed by atoms with E-state index in [4.69, 9.17) is 19.3 Å². The summed E-state index contributed by atoms with van der Waals surface area (Å²) < 4.78 is 15.2. The molecule has 0 amide bonds. The zero-order valence-electron chi connectivity index (χ0n) is 15.4. The first-order valence-corrected chi connectivity index (χ1v) is 8.71. The smallest absolute Gasteiger partial charge is 0.347 e. The quantitative estimate of drug-likeness (QED) is 0.289. The molecule has 0 aliphatic rings. The molecule has 2 unspecified atom stereocenters. The highest BCUT2D eigenvalue weighted by Gasteiger charge is 2.27. The average Bonchev–Trinajstić information content (AvgIpc) is 2.59. The Bertz CT molecular complexity index is 431. The van der Waals surface area contributed by atoms with Crippen LogP contribution in [0.1, 0.15) is 52.4 Å².